The Bertz CT molecular complexity index is 676. The Morgan fingerprint density at radius 3 is 1.77 bits per heavy atom. The Morgan fingerprint density at radius 2 is 1.33 bits per heavy atom. The molecular weight excluding hydrogens is 424 g/mol. The topological polar surface area (TPSA) is 257 Å². The van der Waals surface area contributed by atoms with Crippen LogP contribution in [0.4, 0.5) is 0 Å². The average Bonchev–Trinajstić information content (AvgIpc) is 2.65. The highest BCUT2D eigenvalue weighted by Gasteiger charge is 2.30. The van der Waals surface area contributed by atoms with Crippen LogP contribution in [0.3, 0.4) is 0 Å². The van der Waals surface area contributed by atoms with E-state index >= 15 is 0 Å². The predicted molar refractivity (Wildman–Crippen MR) is 105 cm³/mol. The third kappa shape index (κ3) is 10.0. The number of hydrogen-bond acceptors (Lipinski definition) is 9. The fraction of sp³-hybridized carbons (Fsp3) is 0.600. The Morgan fingerprint density at radius 1 is 0.833 bits per heavy atom. The van der Waals surface area contributed by atoms with E-state index in [2.05, 4.69) is 23.3 Å². The molecule has 5 amide bonds. The van der Waals surface area contributed by atoms with E-state index in [0.717, 1.165) is 0 Å². The smallest absolute Gasteiger partial charge is 0.328 e. The molecule has 0 aliphatic heterocycles. The first kappa shape index (κ1) is 27.1. The van der Waals surface area contributed by atoms with Crippen LogP contribution in [0, 0.1) is 0 Å². The summed E-state index contributed by atoms with van der Waals surface area (Å²) < 4.78 is 0. The lowest BCUT2D eigenvalue weighted by Crippen LogP contribution is -2.58. The zero-order chi connectivity index (χ0) is 23.4. The number of aliphatic hydroxyl groups excluding tert-OH is 1. The summed E-state index contributed by atoms with van der Waals surface area (Å²) in [4.78, 5) is 69.5. The van der Waals surface area contributed by atoms with Gasteiger partial charge in [-0.05, 0) is 6.42 Å². The van der Waals surface area contributed by atoms with Crippen molar-refractivity contribution < 1.29 is 39.0 Å². The molecule has 30 heavy (non-hydrogen) atoms. The lowest BCUT2D eigenvalue weighted by molar-refractivity contribution is -0.143. The van der Waals surface area contributed by atoms with Gasteiger partial charge in [0.05, 0.1) is 19.1 Å². The van der Waals surface area contributed by atoms with E-state index in [4.69, 9.17) is 27.4 Å². The number of hydrogen-bond donors (Lipinski definition) is 9. The van der Waals surface area contributed by atoms with Crippen LogP contribution in [0.2, 0.25) is 0 Å². The number of aliphatic hydroxyl groups is 1. The first-order chi connectivity index (χ1) is 13.9. The van der Waals surface area contributed by atoms with E-state index in [9.17, 15) is 28.8 Å². The highest BCUT2D eigenvalue weighted by atomic mass is 32.1. The van der Waals surface area contributed by atoms with E-state index in [1.807, 2.05) is 5.32 Å². The molecule has 0 aromatic rings. The number of carbonyl (C=O) groups excluding carboxylic acids is 5. The minimum Gasteiger partial charge on any atom is -0.480 e. The molecule has 0 fully saturated rings. The first-order valence-corrected chi connectivity index (χ1v) is 9.23. The quantitative estimate of drug-likeness (QED) is 0.114. The van der Waals surface area contributed by atoms with Crippen LogP contribution in [-0.2, 0) is 28.8 Å². The van der Waals surface area contributed by atoms with Crippen molar-refractivity contribution in [2.24, 2.45) is 17.2 Å². The monoisotopic (exact) mass is 450 g/mol. The van der Waals surface area contributed by atoms with Crippen molar-refractivity contribution in [3.05, 3.63) is 0 Å². The standard InChI is InChI=1S/C15H26N6O8S/c16-6(3-11(18)24)12(25)21-9(5-30)14(27)19-7(1-2-10(17)23)13(26)20-8(4-22)15(28)29/h6-9,22,30H,1-5,16H2,(H2,17,23)(H2,18,24)(H,19,27)(H,20,26)(H,21,25)(H,28,29). The Labute approximate surface area is 176 Å². The zero-order valence-corrected chi connectivity index (χ0v) is 16.8. The Balaban J connectivity index is 5.23. The molecule has 0 radical (unpaired) electrons. The van der Waals surface area contributed by atoms with Crippen molar-refractivity contribution in [2.75, 3.05) is 12.4 Å². The van der Waals surface area contributed by atoms with Crippen LogP contribution in [0.25, 0.3) is 0 Å². The second kappa shape index (κ2) is 13.3. The SMILES string of the molecule is NC(=O)CCC(NC(=O)C(CS)NC(=O)C(N)CC(N)=O)C(=O)NC(CO)C(=O)O. The third-order valence-electron chi connectivity index (χ3n) is 3.68. The fourth-order valence-corrected chi connectivity index (χ4v) is 2.32. The van der Waals surface area contributed by atoms with E-state index in [1.54, 1.807) is 0 Å². The minimum absolute atomic E-state index is 0.223. The molecule has 0 aromatic heterocycles. The molecule has 0 saturated carbocycles. The van der Waals surface area contributed by atoms with Gasteiger partial charge in [0.15, 0.2) is 0 Å². The molecule has 0 saturated heterocycles. The van der Waals surface area contributed by atoms with Crippen LogP contribution in [0.1, 0.15) is 19.3 Å². The molecule has 14 nitrogen and oxygen atoms in total. The van der Waals surface area contributed by atoms with Crippen LogP contribution < -0.4 is 33.2 Å². The van der Waals surface area contributed by atoms with Crippen LogP contribution in [-0.4, -0.2) is 82.2 Å². The van der Waals surface area contributed by atoms with Crippen molar-refractivity contribution in [3.63, 3.8) is 0 Å². The average molecular weight is 450 g/mol. The maximum Gasteiger partial charge on any atom is 0.328 e. The van der Waals surface area contributed by atoms with Crippen molar-refractivity contribution in [3.8, 4) is 0 Å². The van der Waals surface area contributed by atoms with E-state index in [-0.39, 0.29) is 18.6 Å². The second-order valence-electron chi connectivity index (χ2n) is 6.17. The number of carboxylic acids is 1. The van der Waals surface area contributed by atoms with Gasteiger partial charge in [-0.15, -0.1) is 0 Å². The Kier molecular flexibility index (Phi) is 12.0. The van der Waals surface area contributed by atoms with Crippen molar-refractivity contribution in [1.29, 1.82) is 0 Å². The van der Waals surface area contributed by atoms with E-state index in [0.29, 0.717) is 0 Å². The van der Waals surface area contributed by atoms with Crippen LogP contribution in [0.15, 0.2) is 0 Å². The highest BCUT2D eigenvalue weighted by molar-refractivity contribution is 7.80. The van der Waals surface area contributed by atoms with Gasteiger partial charge in [-0.2, -0.15) is 12.6 Å². The summed E-state index contributed by atoms with van der Waals surface area (Å²) in [7, 11) is 0. The maximum atomic E-state index is 12.4. The lowest BCUT2D eigenvalue weighted by Gasteiger charge is -2.24. The number of thiol groups is 1. The van der Waals surface area contributed by atoms with Crippen molar-refractivity contribution in [2.45, 2.75) is 43.4 Å². The maximum absolute atomic E-state index is 12.4. The number of primary amides is 2. The van der Waals surface area contributed by atoms with Gasteiger partial charge < -0.3 is 43.4 Å². The Hall–Kier alpha value is -2.91. The summed E-state index contributed by atoms with van der Waals surface area (Å²) in [6.07, 6.45) is -1.07. The minimum atomic E-state index is -1.64. The van der Waals surface area contributed by atoms with E-state index in [1.165, 1.54) is 0 Å². The summed E-state index contributed by atoms with van der Waals surface area (Å²) >= 11 is 3.93. The molecular formula is C15H26N6O8S. The lowest BCUT2D eigenvalue weighted by atomic mass is 10.1. The predicted octanol–water partition coefficient (Wildman–Crippen LogP) is -5.08. The second-order valence-corrected chi connectivity index (χ2v) is 6.53. The number of aliphatic carboxylic acids is 1. The van der Waals surface area contributed by atoms with E-state index < -0.39 is 72.7 Å². The molecule has 0 aliphatic carbocycles. The fourth-order valence-electron chi connectivity index (χ4n) is 2.07. The van der Waals surface area contributed by atoms with Crippen molar-refractivity contribution in [1.82, 2.24) is 16.0 Å². The van der Waals surface area contributed by atoms with Gasteiger partial charge in [-0.1, -0.05) is 0 Å². The normalized spacial score (nSPS) is 14.5. The molecule has 11 N–H and O–H groups in total. The first-order valence-electron chi connectivity index (χ1n) is 8.60. The summed E-state index contributed by atoms with van der Waals surface area (Å²) in [5, 5.41) is 24.4. The van der Waals surface area contributed by atoms with Gasteiger partial charge in [-0.25, -0.2) is 4.79 Å². The van der Waals surface area contributed by atoms with Gasteiger partial charge >= 0.3 is 5.97 Å². The molecule has 4 atom stereocenters. The molecule has 0 aliphatic rings. The van der Waals surface area contributed by atoms with Gasteiger partial charge in [0.25, 0.3) is 0 Å². The van der Waals surface area contributed by atoms with Gasteiger partial charge in [-0.3, -0.25) is 24.0 Å². The molecule has 0 aromatic carbocycles. The molecule has 0 spiro atoms. The van der Waals surface area contributed by atoms with Crippen LogP contribution >= 0.6 is 12.6 Å². The molecule has 4 unspecified atom stereocenters. The van der Waals surface area contributed by atoms with Crippen LogP contribution in [0.5, 0.6) is 0 Å². The van der Waals surface area contributed by atoms with Gasteiger partial charge in [0, 0.05) is 12.2 Å². The number of nitrogens with two attached hydrogens (primary N) is 3. The molecule has 170 valence electrons. The molecule has 0 heterocycles. The van der Waals surface area contributed by atoms with Gasteiger partial charge in [0.1, 0.15) is 18.1 Å². The molecule has 15 heteroatoms. The number of carbonyl (C=O) groups is 6. The highest BCUT2D eigenvalue weighted by Crippen LogP contribution is 2.01. The summed E-state index contributed by atoms with van der Waals surface area (Å²) in [5.74, 6) is -6.12. The molecule has 0 bridgehead atoms. The number of rotatable bonds is 14. The number of nitrogens with one attached hydrogen (secondary N) is 3. The zero-order valence-electron chi connectivity index (χ0n) is 15.9. The summed E-state index contributed by atoms with van der Waals surface area (Å²) in [6.45, 7) is -0.912. The van der Waals surface area contributed by atoms with Gasteiger partial charge in [0.2, 0.25) is 29.5 Å². The number of amides is 5. The summed E-state index contributed by atoms with van der Waals surface area (Å²) in [5.41, 5.74) is 15.5. The number of carboxylic acid groups (broad SMARTS) is 1. The summed E-state index contributed by atoms with van der Waals surface area (Å²) in [6, 6.07) is -5.64. The largest absolute Gasteiger partial charge is 0.480 e. The van der Waals surface area contributed by atoms with Crippen molar-refractivity contribution >= 4 is 48.1 Å². The molecule has 0 rings (SSSR count). The third-order valence-corrected chi connectivity index (χ3v) is 4.05.